The van der Waals surface area contributed by atoms with Crippen molar-refractivity contribution in [2.45, 2.75) is 38.0 Å². The van der Waals surface area contributed by atoms with E-state index in [4.69, 9.17) is 4.74 Å². The molecule has 0 aliphatic heterocycles. The molecule has 0 saturated carbocycles. The molecule has 33 heavy (non-hydrogen) atoms. The molecule has 0 aliphatic rings. The van der Waals surface area contributed by atoms with Crippen molar-refractivity contribution in [1.82, 2.24) is 5.32 Å². The molecule has 3 aromatic carbocycles. The molecule has 0 heterocycles. The van der Waals surface area contributed by atoms with E-state index in [1.165, 1.54) is 5.56 Å². The molecule has 0 unspecified atom stereocenters. The van der Waals surface area contributed by atoms with Gasteiger partial charge >= 0.3 is 0 Å². The Balaban J connectivity index is 1.48. The smallest absolute Gasteiger partial charge is 0.261 e. The number of carbonyl (C=O) groups is 1. The second kappa shape index (κ2) is 10.1. The second-order valence-electron chi connectivity index (χ2n) is 8.87. The van der Waals surface area contributed by atoms with E-state index < -0.39 is 10.0 Å². The first-order chi connectivity index (χ1) is 15.5. The Morgan fingerprint density at radius 2 is 1.48 bits per heavy atom. The van der Waals surface area contributed by atoms with Crippen LogP contribution in [0.5, 0.6) is 5.75 Å². The Kier molecular flexibility index (Phi) is 7.43. The number of hydrogen-bond donors (Lipinski definition) is 2. The van der Waals surface area contributed by atoms with E-state index in [-0.39, 0.29) is 16.2 Å². The lowest BCUT2D eigenvalue weighted by atomic mass is 9.87. The van der Waals surface area contributed by atoms with Gasteiger partial charge in [0.15, 0.2) is 0 Å². The maximum atomic E-state index is 12.5. The van der Waals surface area contributed by atoms with Crippen LogP contribution in [0, 0.1) is 6.92 Å². The third kappa shape index (κ3) is 6.83. The zero-order valence-corrected chi connectivity index (χ0v) is 20.2. The average molecular weight is 467 g/mol. The molecule has 1 amide bonds. The van der Waals surface area contributed by atoms with Gasteiger partial charge in [-0.1, -0.05) is 50.6 Å². The highest BCUT2D eigenvalue weighted by Gasteiger charge is 2.15. The molecule has 0 saturated heterocycles. The number of aryl methyl sites for hydroxylation is 1. The Bertz CT molecular complexity index is 1180. The van der Waals surface area contributed by atoms with Gasteiger partial charge in [-0.2, -0.15) is 0 Å². The summed E-state index contributed by atoms with van der Waals surface area (Å²) in [5.74, 6) is 0.497. The molecule has 0 aromatic heterocycles. The fourth-order valence-electron chi connectivity index (χ4n) is 3.11. The number of nitrogens with one attached hydrogen (secondary N) is 2. The predicted molar refractivity (Wildman–Crippen MR) is 131 cm³/mol. The second-order valence-corrected chi connectivity index (χ2v) is 10.6. The van der Waals surface area contributed by atoms with Crippen LogP contribution in [0.15, 0.2) is 77.7 Å². The zero-order valence-electron chi connectivity index (χ0n) is 19.4. The number of benzene rings is 3. The van der Waals surface area contributed by atoms with Gasteiger partial charge < -0.3 is 10.1 Å². The zero-order chi connectivity index (χ0) is 24.1. The molecule has 174 valence electrons. The van der Waals surface area contributed by atoms with E-state index in [9.17, 15) is 13.2 Å². The summed E-state index contributed by atoms with van der Waals surface area (Å²) in [4.78, 5) is 12.5. The largest absolute Gasteiger partial charge is 0.492 e. The van der Waals surface area contributed by atoms with Crippen molar-refractivity contribution in [3.8, 4) is 5.75 Å². The Labute approximate surface area is 196 Å². The first-order valence-electron chi connectivity index (χ1n) is 10.8. The minimum Gasteiger partial charge on any atom is -0.492 e. The number of sulfonamides is 1. The molecule has 7 heteroatoms. The standard InChI is InChI=1S/C26H30N2O4S/c1-19-5-15-24(16-6-19)33(30,31)28-22-11-7-20(8-12-22)25(29)27-17-18-32-23-13-9-21(10-14-23)26(2,3)4/h5-16,28H,17-18H2,1-4H3,(H,27,29). The van der Waals surface area contributed by atoms with Crippen LogP contribution in [0.1, 0.15) is 42.3 Å². The molecule has 0 radical (unpaired) electrons. The molecule has 0 bridgehead atoms. The Morgan fingerprint density at radius 3 is 2.06 bits per heavy atom. The lowest BCUT2D eigenvalue weighted by Crippen LogP contribution is -2.28. The molecule has 0 spiro atoms. The lowest BCUT2D eigenvalue weighted by Gasteiger charge is -2.19. The molecular weight excluding hydrogens is 436 g/mol. The Hall–Kier alpha value is -3.32. The summed E-state index contributed by atoms with van der Waals surface area (Å²) in [5, 5.41) is 2.80. The number of rotatable bonds is 8. The summed E-state index contributed by atoms with van der Waals surface area (Å²) in [5.41, 5.74) is 3.11. The molecule has 0 aliphatic carbocycles. The van der Waals surface area contributed by atoms with Crippen LogP contribution in [0.2, 0.25) is 0 Å². The molecule has 2 N–H and O–H groups in total. The number of ether oxygens (including phenoxy) is 1. The van der Waals surface area contributed by atoms with Crippen molar-refractivity contribution >= 4 is 21.6 Å². The van der Waals surface area contributed by atoms with Crippen LogP contribution in [0.4, 0.5) is 5.69 Å². The highest BCUT2D eigenvalue weighted by molar-refractivity contribution is 7.92. The molecule has 0 atom stereocenters. The van der Waals surface area contributed by atoms with E-state index in [1.54, 1.807) is 48.5 Å². The summed E-state index contributed by atoms with van der Waals surface area (Å²) in [6.45, 7) is 9.05. The van der Waals surface area contributed by atoms with Gasteiger partial charge in [0.25, 0.3) is 15.9 Å². The number of amides is 1. The van der Waals surface area contributed by atoms with Crippen LogP contribution in [-0.2, 0) is 15.4 Å². The van der Waals surface area contributed by atoms with Crippen molar-refractivity contribution in [2.75, 3.05) is 17.9 Å². The van der Waals surface area contributed by atoms with Crippen molar-refractivity contribution in [3.63, 3.8) is 0 Å². The summed E-state index contributed by atoms with van der Waals surface area (Å²) < 4.78 is 33.2. The SMILES string of the molecule is Cc1ccc(S(=O)(=O)Nc2ccc(C(=O)NCCOc3ccc(C(C)(C)C)cc3)cc2)cc1. The van der Waals surface area contributed by atoms with Gasteiger partial charge in [-0.15, -0.1) is 0 Å². The van der Waals surface area contributed by atoms with Gasteiger partial charge in [0.2, 0.25) is 0 Å². The van der Waals surface area contributed by atoms with Gasteiger partial charge in [0.1, 0.15) is 12.4 Å². The van der Waals surface area contributed by atoms with E-state index in [1.807, 2.05) is 31.2 Å². The van der Waals surface area contributed by atoms with Crippen LogP contribution < -0.4 is 14.8 Å². The van der Waals surface area contributed by atoms with Crippen molar-refractivity contribution in [1.29, 1.82) is 0 Å². The summed E-state index contributed by atoms with van der Waals surface area (Å²) in [7, 11) is -3.69. The van der Waals surface area contributed by atoms with E-state index in [0.29, 0.717) is 24.4 Å². The quantitative estimate of drug-likeness (QED) is 0.463. The van der Waals surface area contributed by atoms with Gasteiger partial charge in [-0.25, -0.2) is 8.42 Å². The fraction of sp³-hybridized carbons (Fsp3) is 0.269. The van der Waals surface area contributed by atoms with Crippen molar-refractivity contribution < 1.29 is 17.9 Å². The third-order valence-corrected chi connectivity index (χ3v) is 6.50. The van der Waals surface area contributed by atoms with Gasteiger partial charge in [0, 0.05) is 11.3 Å². The van der Waals surface area contributed by atoms with Crippen LogP contribution >= 0.6 is 0 Å². The van der Waals surface area contributed by atoms with Crippen LogP contribution in [0.3, 0.4) is 0 Å². The first-order valence-corrected chi connectivity index (χ1v) is 12.2. The predicted octanol–water partition coefficient (Wildman–Crippen LogP) is 4.90. The van der Waals surface area contributed by atoms with Crippen LogP contribution in [0.25, 0.3) is 0 Å². The van der Waals surface area contributed by atoms with Crippen molar-refractivity contribution in [3.05, 3.63) is 89.5 Å². The van der Waals surface area contributed by atoms with Gasteiger partial charge in [0.05, 0.1) is 11.4 Å². The minimum atomic E-state index is -3.69. The topological polar surface area (TPSA) is 84.5 Å². The van der Waals surface area contributed by atoms with Crippen molar-refractivity contribution in [2.24, 2.45) is 0 Å². The Morgan fingerprint density at radius 1 is 0.879 bits per heavy atom. The maximum absolute atomic E-state index is 12.5. The number of anilines is 1. The lowest BCUT2D eigenvalue weighted by molar-refractivity contribution is 0.0947. The van der Waals surface area contributed by atoms with Gasteiger partial charge in [-0.05, 0) is 66.4 Å². The maximum Gasteiger partial charge on any atom is 0.261 e. The van der Waals surface area contributed by atoms with Crippen LogP contribution in [-0.4, -0.2) is 27.5 Å². The number of carbonyl (C=O) groups excluding carboxylic acids is 1. The minimum absolute atomic E-state index is 0.0857. The first kappa shape index (κ1) is 24.3. The number of hydrogen-bond acceptors (Lipinski definition) is 4. The fourth-order valence-corrected chi connectivity index (χ4v) is 4.17. The molecule has 3 aromatic rings. The normalized spacial score (nSPS) is 11.6. The van der Waals surface area contributed by atoms with E-state index in [2.05, 4.69) is 30.8 Å². The van der Waals surface area contributed by atoms with Gasteiger partial charge in [-0.3, -0.25) is 9.52 Å². The summed E-state index contributed by atoms with van der Waals surface area (Å²) >= 11 is 0. The van der Waals surface area contributed by atoms with E-state index >= 15 is 0 Å². The highest BCUT2D eigenvalue weighted by Crippen LogP contribution is 2.24. The molecule has 0 fully saturated rings. The summed E-state index contributed by atoms with van der Waals surface area (Å²) in [6, 6.07) is 20.8. The molecular formula is C26H30N2O4S. The third-order valence-electron chi connectivity index (χ3n) is 5.11. The summed E-state index contributed by atoms with van der Waals surface area (Å²) in [6.07, 6.45) is 0. The highest BCUT2D eigenvalue weighted by atomic mass is 32.2. The molecule has 6 nitrogen and oxygen atoms in total. The molecule has 3 rings (SSSR count). The average Bonchev–Trinajstić information content (AvgIpc) is 2.77. The monoisotopic (exact) mass is 466 g/mol. The van der Waals surface area contributed by atoms with E-state index in [0.717, 1.165) is 11.3 Å².